The highest BCUT2D eigenvalue weighted by molar-refractivity contribution is 9.10. The number of benzene rings is 1. The average Bonchev–Trinajstić information content (AvgIpc) is 2.21. The van der Waals surface area contributed by atoms with Crippen LogP contribution in [0.2, 0.25) is 0 Å². The zero-order valence-electron chi connectivity index (χ0n) is 10.3. The smallest absolute Gasteiger partial charge is 0.0371 e. The van der Waals surface area contributed by atoms with Crippen molar-refractivity contribution in [2.75, 3.05) is 18.8 Å². The van der Waals surface area contributed by atoms with Crippen molar-refractivity contribution in [2.45, 2.75) is 27.3 Å². The highest BCUT2D eigenvalue weighted by Crippen LogP contribution is 2.24. The van der Waals surface area contributed by atoms with Gasteiger partial charge in [-0.1, -0.05) is 42.8 Å². The molecule has 0 heterocycles. The van der Waals surface area contributed by atoms with Crippen molar-refractivity contribution >= 4 is 21.6 Å². The predicted molar refractivity (Wildman–Crippen MR) is 74.3 cm³/mol. The van der Waals surface area contributed by atoms with Gasteiger partial charge in [-0.2, -0.15) is 0 Å². The molecule has 0 saturated heterocycles. The zero-order valence-corrected chi connectivity index (χ0v) is 11.9. The fraction of sp³-hybridized carbons (Fsp3) is 0.538. The van der Waals surface area contributed by atoms with Crippen LogP contribution in [0.5, 0.6) is 0 Å². The molecule has 0 aromatic heterocycles. The minimum atomic E-state index is 0.684. The van der Waals surface area contributed by atoms with E-state index < -0.39 is 0 Å². The van der Waals surface area contributed by atoms with Gasteiger partial charge in [0.05, 0.1) is 0 Å². The van der Waals surface area contributed by atoms with Crippen LogP contribution in [0.15, 0.2) is 22.7 Å². The Hall–Kier alpha value is -0.540. The van der Waals surface area contributed by atoms with Crippen LogP contribution in [-0.2, 0) is 6.54 Å². The van der Waals surface area contributed by atoms with E-state index in [1.54, 1.807) is 0 Å². The number of hydrogen-bond donors (Lipinski definition) is 1. The summed E-state index contributed by atoms with van der Waals surface area (Å²) in [6, 6.07) is 5.99. The molecular formula is C13H21BrN2. The molecule has 90 valence electrons. The number of nitrogens with zero attached hydrogens (tertiary/aromatic N) is 1. The fourth-order valence-electron chi connectivity index (χ4n) is 1.79. The van der Waals surface area contributed by atoms with Gasteiger partial charge in [0.1, 0.15) is 0 Å². The summed E-state index contributed by atoms with van der Waals surface area (Å²) in [5, 5.41) is 0. The Morgan fingerprint density at radius 3 is 2.56 bits per heavy atom. The van der Waals surface area contributed by atoms with Crippen LogP contribution >= 0.6 is 15.9 Å². The molecule has 0 aliphatic carbocycles. The largest absolute Gasteiger partial charge is 0.398 e. The topological polar surface area (TPSA) is 29.3 Å². The number of hydrogen-bond acceptors (Lipinski definition) is 2. The van der Waals surface area contributed by atoms with E-state index in [2.05, 4.69) is 47.7 Å². The van der Waals surface area contributed by atoms with Crippen molar-refractivity contribution < 1.29 is 0 Å². The Morgan fingerprint density at radius 1 is 1.38 bits per heavy atom. The van der Waals surface area contributed by atoms with Gasteiger partial charge < -0.3 is 5.73 Å². The minimum Gasteiger partial charge on any atom is -0.398 e. The summed E-state index contributed by atoms with van der Waals surface area (Å²) < 4.78 is 1.11. The molecule has 16 heavy (non-hydrogen) atoms. The van der Waals surface area contributed by atoms with Gasteiger partial charge in [0.2, 0.25) is 0 Å². The minimum absolute atomic E-state index is 0.684. The van der Waals surface area contributed by atoms with Crippen LogP contribution in [0.4, 0.5) is 5.69 Å². The normalized spacial score (nSPS) is 11.4. The second kappa shape index (κ2) is 6.26. The Kier molecular flexibility index (Phi) is 5.29. The maximum Gasteiger partial charge on any atom is 0.0371 e. The van der Waals surface area contributed by atoms with E-state index in [0.29, 0.717) is 5.92 Å². The van der Waals surface area contributed by atoms with Crippen molar-refractivity contribution in [1.29, 1.82) is 0 Å². The van der Waals surface area contributed by atoms with Gasteiger partial charge in [-0.15, -0.1) is 0 Å². The summed E-state index contributed by atoms with van der Waals surface area (Å²) in [5.41, 5.74) is 8.07. The van der Waals surface area contributed by atoms with Crippen molar-refractivity contribution in [3.05, 3.63) is 28.2 Å². The Labute approximate surface area is 107 Å². The average molecular weight is 285 g/mol. The molecule has 1 aromatic carbocycles. The Balaban J connectivity index is 2.77. The molecule has 0 unspecified atom stereocenters. The van der Waals surface area contributed by atoms with E-state index in [4.69, 9.17) is 5.73 Å². The van der Waals surface area contributed by atoms with Crippen molar-refractivity contribution in [3.8, 4) is 0 Å². The molecule has 0 aliphatic heterocycles. The maximum atomic E-state index is 6.00. The third-order valence-corrected chi connectivity index (χ3v) is 3.35. The van der Waals surface area contributed by atoms with Gasteiger partial charge in [0.25, 0.3) is 0 Å². The number of nitrogen functional groups attached to an aromatic ring is 1. The summed E-state index contributed by atoms with van der Waals surface area (Å²) in [6.45, 7) is 9.76. The lowest BCUT2D eigenvalue weighted by Crippen LogP contribution is -2.27. The summed E-state index contributed by atoms with van der Waals surface area (Å²) in [7, 11) is 0. The molecule has 0 radical (unpaired) electrons. The first kappa shape index (κ1) is 13.5. The van der Waals surface area contributed by atoms with Crippen LogP contribution in [0.25, 0.3) is 0 Å². The van der Waals surface area contributed by atoms with Gasteiger partial charge in [0, 0.05) is 28.8 Å². The van der Waals surface area contributed by atoms with Gasteiger partial charge in [-0.3, -0.25) is 4.90 Å². The molecule has 1 rings (SSSR count). The molecule has 0 atom stereocenters. The second-order valence-corrected chi connectivity index (χ2v) is 5.38. The van der Waals surface area contributed by atoms with Crippen LogP contribution < -0.4 is 5.73 Å². The third-order valence-electron chi connectivity index (χ3n) is 2.61. The van der Waals surface area contributed by atoms with E-state index in [1.807, 2.05) is 12.1 Å². The zero-order chi connectivity index (χ0) is 12.1. The third kappa shape index (κ3) is 3.80. The molecular weight excluding hydrogens is 264 g/mol. The van der Waals surface area contributed by atoms with Crippen LogP contribution in [0.1, 0.15) is 26.3 Å². The first-order chi connectivity index (χ1) is 7.54. The van der Waals surface area contributed by atoms with Crippen LogP contribution in [0.3, 0.4) is 0 Å². The van der Waals surface area contributed by atoms with E-state index in [0.717, 1.165) is 29.8 Å². The first-order valence-electron chi connectivity index (χ1n) is 5.79. The van der Waals surface area contributed by atoms with Crippen molar-refractivity contribution in [1.82, 2.24) is 4.90 Å². The standard InChI is InChI=1S/C13H21BrN2/c1-4-16(8-10(2)3)9-11-12(14)6-5-7-13(11)15/h5-7,10H,4,8-9,15H2,1-3H3. The second-order valence-electron chi connectivity index (χ2n) is 4.53. The van der Waals surface area contributed by atoms with E-state index in [-0.39, 0.29) is 0 Å². The highest BCUT2D eigenvalue weighted by atomic mass is 79.9. The molecule has 2 nitrogen and oxygen atoms in total. The molecule has 0 amide bonds. The number of halogens is 1. The Morgan fingerprint density at radius 2 is 2.06 bits per heavy atom. The predicted octanol–water partition coefficient (Wildman–Crippen LogP) is 3.51. The van der Waals surface area contributed by atoms with Gasteiger partial charge in [-0.25, -0.2) is 0 Å². The lowest BCUT2D eigenvalue weighted by atomic mass is 10.1. The van der Waals surface area contributed by atoms with Crippen molar-refractivity contribution in [2.24, 2.45) is 5.92 Å². The molecule has 3 heteroatoms. The molecule has 0 fully saturated rings. The Bertz CT molecular complexity index is 316. The fourth-order valence-corrected chi connectivity index (χ4v) is 2.29. The lowest BCUT2D eigenvalue weighted by molar-refractivity contribution is 0.248. The SMILES string of the molecule is CCN(Cc1c(N)cccc1Br)CC(C)C. The molecule has 2 N–H and O–H groups in total. The van der Waals surface area contributed by atoms with E-state index in [9.17, 15) is 0 Å². The number of anilines is 1. The maximum absolute atomic E-state index is 6.00. The molecule has 1 aromatic rings. The van der Waals surface area contributed by atoms with Gasteiger partial charge >= 0.3 is 0 Å². The quantitative estimate of drug-likeness (QED) is 0.839. The summed E-state index contributed by atoms with van der Waals surface area (Å²) in [6.07, 6.45) is 0. The highest BCUT2D eigenvalue weighted by Gasteiger charge is 2.10. The molecule has 0 spiro atoms. The first-order valence-corrected chi connectivity index (χ1v) is 6.59. The van der Waals surface area contributed by atoms with Gasteiger partial charge in [-0.05, 0) is 24.6 Å². The summed E-state index contributed by atoms with van der Waals surface area (Å²) >= 11 is 3.56. The van der Waals surface area contributed by atoms with E-state index >= 15 is 0 Å². The number of rotatable bonds is 5. The number of nitrogens with two attached hydrogens (primary N) is 1. The summed E-state index contributed by atoms with van der Waals surface area (Å²) in [4.78, 5) is 2.42. The van der Waals surface area contributed by atoms with E-state index in [1.165, 1.54) is 5.56 Å². The van der Waals surface area contributed by atoms with Crippen molar-refractivity contribution in [3.63, 3.8) is 0 Å². The lowest BCUT2D eigenvalue weighted by Gasteiger charge is -2.23. The molecule has 0 aliphatic rings. The summed E-state index contributed by atoms with van der Waals surface area (Å²) in [5.74, 6) is 0.684. The van der Waals surface area contributed by atoms with Gasteiger partial charge in [0.15, 0.2) is 0 Å². The monoisotopic (exact) mass is 284 g/mol. The molecule has 0 bridgehead atoms. The van der Waals surface area contributed by atoms with Crippen LogP contribution in [-0.4, -0.2) is 18.0 Å². The molecule has 0 saturated carbocycles. The van der Waals surface area contributed by atoms with Crippen LogP contribution in [0, 0.1) is 5.92 Å².